The van der Waals surface area contributed by atoms with Crippen molar-refractivity contribution in [3.05, 3.63) is 16.1 Å². The third-order valence-corrected chi connectivity index (χ3v) is 4.62. The standard InChI is InChI=1S/C15H23BrN2O3/c1-19-12-10-13(20-2)15(21-3)14(16)11(12)4-7-18-8-5-17-6-9-18/h10,17H,4-9H2,1-3H3. The van der Waals surface area contributed by atoms with E-state index in [-0.39, 0.29) is 0 Å². The molecule has 0 amide bonds. The number of piperazine rings is 1. The highest BCUT2D eigenvalue weighted by Gasteiger charge is 2.19. The zero-order valence-electron chi connectivity index (χ0n) is 12.9. The molecular weight excluding hydrogens is 336 g/mol. The van der Waals surface area contributed by atoms with Crippen LogP contribution < -0.4 is 19.5 Å². The van der Waals surface area contributed by atoms with Gasteiger partial charge in [-0.1, -0.05) is 0 Å². The first kappa shape index (κ1) is 16.4. The molecule has 1 heterocycles. The van der Waals surface area contributed by atoms with Crippen molar-refractivity contribution < 1.29 is 14.2 Å². The van der Waals surface area contributed by atoms with Crippen molar-refractivity contribution >= 4 is 15.9 Å². The Labute approximate surface area is 134 Å². The summed E-state index contributed by atoms with van der Waals surface area (Å²) in [6.45, 7) is 5.31. The molecule has 1 N–H and O–H groups in total. The molecule has 21 heavy (non-hydrogen) atoms. The fourth-order valence-electron chi connectivity index (χ4n) is 2.59. The fourth-order valence-corrected chi connectivity index (χ4v) is 3.34. The molecule has 2 rings (SSSR count). The third-order valence-electron chi connectivity index (χ3n) is 3.78. The molecule has 118 valence electrons. The maximum atomic E-state index is 5.51. The Morgan fingerprint density at radius 2 is 1.76 bits per heavy atom. The van der Waals surface area contributed by atoms with Gasteiger partial charge in [0.15, 0.2) is 11.5 Å². The molecule has 0 radical (unpaired) electrons. The molecule has 0 bridgehead atoms. The van der Waals surface area contributed by atoms with E-state index in [9.17, 15) is 0 Å². The van der Waals surface area contributed by atoms with Crippen LogP contribution in [0.5, 0.6) is 17.2 Å². The van der Waals surface area contributed by atoms with Crippen molar-refractivity contribution in [1.29, 1.82) is 0 Å². The smallest absolute Gasteiger partial charge is 0.175 e. The van der Waals surface area contributed by atoms with Gasteiger partial charge in [0.05, 0.1) is 25.8 Å². The fraction of sp³-hybridized carbons (Fsp3) is 0.600. The summed E-state index contributed by atoms with van der Waals surface area (Å²) in [7, 11) is 4.96. The molecule has 6 heteroatoms. The van der Waals surface area contributed by atoms with Crippen LogP contribution in [0.2, 0.25) is 0 Å². The van der Waals surface area contributed by atoms with Crippen LogP contribution in [-0.2, 0) is 6.42 Å². The van der Waals surface area contributed by atoms with Gasteiger partial charge in [-0.25, -0.2) is 0 Å². The number of benzene rings is 1. The van der Waals surface area contributed by atoms with Gasteiger partial charge in [0.2, 0.25) is 0 Å². The number of ether oxygens (including phenoxy) is 3. The molecule has 1 fully saturated rings. The average molecular weight is 359 g/mol. The minimum atomic E-state index is 0.673. The monoisotopic (exact) mass is 358 g/mol. The first-order chi connectivity index (χ1) is 10.2. The van der Waals surface area contributed by atoms with Crippen molar-refractivity contribution in [3.8, 4) is 17.2 Å². The van der Waals surface area contributed by atoms with Crippen molar-refractivity contribution in [1.82, 2.24) is 10.2 Å². The number of hydrogen-bond donors (Lipinski definition) is 1. The van der Waals surface area contributed by atoms with E-state index < -0.39 is 0 Å². The van der Waals surface area contributed by atoms with E-state index in [1.807, 2.05) is 6.07 Å². The molecule has 1 aromatic rings. The second kappa shape index (κ2) is 7.87. The Morgan fingerprint density at radius 3 is 2.33 bits per heavy atom. The number of hydrogen-bond acceptors (Lipinski definition) is 5. The van der Waals surface area contributed by atoms with Gasteiger partial charge in [0.25, 0.3) is 0 Å². The lowest BCUT2D eigenvalue weighted by Gasteiger charge is -2.27. The van der Waals surface area contributed by atoms with Crippen LogP contribution in [0.25, 0.3) is 0 Å². The van der Waals surface area contributed by atoms with Gasteiger partial charge in [-0.15, -0.1) is 0 Å². The minimum absolute atomic E-state index is 0.673. The largest absolute Gasteiger partial charge is 0.496 e. The molecule has 1 aromatic carbocycles. The molecule has 0 atom stereocenters. The summed E-state index contributed by atoms with van der Waals surface area (Å²) in [5, 5.41) is 3.37. The molecule has 0 spiro atoms. The molecule has 0 saturated carbocycles. The second-order valence-electron chi connectivity index (χ2n) is 4.95. The summed E-state index contributed by atoms with van der Waals surface area (Å²) in [5.74, 6) is 2.22. The molecule has 0 aromatic heterocycles. The highest BCUT2D eigenvalue weighted by molar-refractivity contribution is 9.10. The van der Waals surface area contributed by atoms with Gasteiger partial charge >= 0.3 is 0 Å². The Bertz CT molecular complexity index is 476. The van der Waals surface area contributed by atoms with E-state index in [0.29, 0.717) is 11.5 Å². The minimum Gasteiger partial charge on any atom is -0.496 e. The zero-order chi connectivity index (χ0) is 15.2. The average Bonchev–Trinajstić information content (AvgIpc) is 2.53. The number of methoxy groups -OCH3 is 3. The highest BCUT2D eigenvalue weighted by atomic mass is 79.9. The topological polar surface area (TPSA) is 43.0 Å². The van der Waals surface area contributed by atoms with Crippen LogP contribution in [0.4, 0.5) is 0 Å². The van der Waals surface area contributed by atoms with E-state index in [2.05, 4.69) is 26.1 Å². The van der Waals surface area contributed by atoms with Gasteiger partial charge in [-0.2, -0.15) is 0 Å². The summed E-state index contributed by atoms with van der Waals surface area (Å²) in [6.07, 6.45) is 0.907. The van der Waals surface area contributed by atoms with Crippen LogP contribution >= 0.6 is 15.9 Å². The lowest BCUT2D eigenvalue weighted by atomic mass is 10.1. The van der Waals surface area contributed by atoms with Crippen molar-refractivity contribution in [2.24, 2.45) is 0 Å². The summed E-state index contributed by atoms with van der Waals surface area (Å²) >= 11 is 3.63. The summed E-state index contributed by atoms with van der Waals surface area (Å²) in [5.41, 5.74) is 1.12. The lowest BCUT2D eigenvalue weighted by Crippen LogP contribution is -2.44. The molecule has 1 aliphatic rings. The third kappa shape index (κ3) is 3.81. The first-order valence-corrected chi connectivity index (χ1v) is 7.91. The number of nitrogens with one attached hydrogen (secondary N) is 1. The number of halogens is 1. The van der Waals surface area contributed by atoms with Gasteiger partial charge in [0.1, 0.15) is 5.75 Å². The lowest BCUT2D eigenvalue weighted by molar-refractivity contribution is 0.242. The van der Waals surface area contributed by atoms with Gasteiger partial charge in [-0.3, -0.25) is 0 Å². The maximum Gasteiger partial charge on any atom is 0.175 e. The zero-order valence-corrected chi connectivity index (χ0v) is 14.5. The van der Waals surface area contributed by atoms with Crippen molar-refractivity contribution in [2.75, 3.05) is 54.1 Å². The predicted molar refractivity (Wildman–Crippen MR) is 86.8 cm³/mol. The quantitative estimate of drug-likeness (QED) is 0.841. The van der Waals surface area contributed by atoms with Crippen molar-refractivity contribution in [3.63, 3.8) is 0 Å². The van der Waals surface area contributed by atoms with E-state index in [0.717, 1.165) is 54.9 Å². The number of nitrogens with zero attached hydrogens (tertiary/aromatic N) is 1. The van der Waals surface area contributed by atoms with Gasteiger partial charge in [0, 0.05) is 44.4 Å². The van der Waals surface area contributed by atoms with E-state index >= 15 is 0 Å². The van der Waals surface area contributed by atoms with E-state index in [1.54, 1.807) is 21.3 Å². The van der Waals surface area contributed by atoms with Crippen LogP contribution in [0.3, 0.4) is 0 Å². The van der Waals surface area contributed by atoms with Gasteiger partial charge < -0.3 is 24.4 Å². The van der Waals surface area contributed by atoms with Crippen molar-refractivity contribution in [2.45, 2.75) is 6.42 Å². The van der Waals surface area contributed by atoms with E-state index in [4.69, 9.17) is 14.2 Å². The molecule has 1 aliphatic heterocycles. The molecule has 0 aliphatic carbocycles. The molecule has 1 saturated heterocycles. The van der Waals surface area contributed by atoms with Crippen LogP contribution in [0.15, 0.2) is 10.5 Å². The molecule has 5 nitrogen and oxygen atoms in total. The Morgan fingerprint density at radius 1 is 1.10 bits per heavy atom. The summed E-state index contributed by atoms with van der Waals surface area (Å²) < 4.78 is 17.2. The highest BCUT2D eigenvalue weighted by Crippen LogP contribution is 2.43. The Kier molecular flexibility index (Phi) is 6.14. The predicted octanol–water partition coefficient (Wildman–Crippen LogP) is 1.92. The van der Waals surface area contributed by atoms with Crippen LogP contribution in [0, 0.1) is 0 Å². The molecule has 0 unspecified atom stereocenters. The van der Waals surface area contributed by atoms with Crippen LogP contribution in [0.1, 0.15) is 5.56 Å². The summed E-state index contributed by atoms with van der Waals surface area (Å²) in [4.78, 5) is 2.46. The first-order valence-electron chi connectivity index (χ1n) is 7.11. The SMILES string of the molecule is COc1cc(OC)c(OC)c(Br)c1CCN1CCNCC1. The Balaban J connectivity index is 2.20. The maximum absolute atomic E-state index is 5.51. The second-order valence-corrected chi connectivity index (χ2v) is 5.74. The Hall–Kier alpha value is -0.980. The van der Waals surface area contributed by atoms with E-state index in [1.165, 1.54) is 0 Å². The number of rotatable bonds is 6. The summed E-state index contributed by atoms with van der Waals surface area (Å²) in [6, 6.07) is 1.89. The van der Waals surface area contributed by atoms with Crippen LogP contribution in [-0.4, -0.2) is 59.0 Å². The normalized spacial score (nSPS) is 15.8. The molecular formula is C15H23BrN2O3. The van der Waals surface area contributed by atoms with Gasteiger partial charge in [-0.05, 0) is 22.4 Å².